The zero-order valence-electron chi connectivity index (χ0n) is 18.9. The van der Waals surface area contributed by atoms with Crippen LogP contribution in [0, 0.1) is 0 Å². The minimum absolute atomic E-state index is 0.270. The summed E-state index contributed by atoms with van der Waals surface area (Å²) in [6, 6.07) is 12.6. The molecule has 1 saturated carbocycles. The maximum absolute atomic E-state index is 5.63. The van der Waals surface area contributed by atoms with Crippen molar-refractivity contribution in [1.82, 2.24) is 34.5 Å². The van der Waals surface area contributed by atoms with Crippen molar-refractivity contribution in [3.63, 3.8) is 0 Å². The number of ether oxygens (including phenoxy) is 1. The summed E-state index contributed by atoms with van der Waals surface area (Å²) in [5.41, 5.74) is 5.96. The van der Waals surface area contributed by atoms with Gasteiger partial charge in [0.1, 0.15) is 17.8 Å². The average Bonchev–Trinajstić information content (AvgIpc) is 3.23. The third kappa shape index (κ3) is 3.47. The summed E-state index contributed by atoms with van der Waals surface area (Å²) < 4.78 is 9.76. The molecule has 3 aromatic heterocycles. The molecule has 8 heteroatoms. The number of hydrogen-bond donors (Lipinski definition) is 1. The molecule has 166 valence electrons. The summed E-state index contributed by atoms with van der Waals surface area (Å²) >= 11 is 0. The van der Waals surface area contributed by atoms with E-state index in [0.717, 1.165) is 50.7 Å². The van der Waals surface area contributed by atoms with Gasteiger partial charge in [0.2, 0.25) is 0 Å². The fourth-order valence-corrected chi connectivity index (χ4v) is 4.26. The molecule has 1 fully saturated rings. The SMILES string of the molecule is COc1cc(-c2n[nH]c3ccc(-c4nncn4C(C)C)cc23)cc(-n2cnc(C3CC3)c2)c1. The number of benzene rings is 2. The summed E-state index contributed by atoms with van der Waals surface area (Å²) in [6.07, 6.45) is 8.23. The molecule has 0 aliphatic heterocycles. The highest BCUT2D eigenvalue weighted by Crippen LogP contribution is 2.39. The Labute approximate surface area is 191 Å². The molecule has 2 aromatic carbocycles. The van der Waals surface area contributed by atoms with Crippen molar-refractivity contribution in [2.24, 2.45) is 0 Å². The van der Waals surface area contributed by atoms with Crippen molar-refractivity contribution in [3.05, 3.63) is 60.9 Å². The second-order valence-corrected chi connectivity index (χ2v) is 8.89. The fraction of sp³-hybridized carbons (Fsp3) is 0.280. The van der Waals surface area contributed by atoms with Gasteiger partial charge in [0.15, 0.2) is 5.82 Å². The van der Waals surface area contributed by atoms with Crippen molar-refractivity contribution in [1.29, 1.82) is 0 Å². The van der Waals surface area contributed by atoms with E-state index in [-0.39, 0.29) is 6.04 Å². The number of hydrogen-bond acceptors (Lipinski definition) is 5. The molecule has 6 rings (SSSR count). The molecule has 0 atom stereocenters. The summed E-state index contributed by atoms with van der Waals surface area (Å²) in [5.74, 6) is 2.23. The van der Waals surface area contributed by atoms with E-state index in [0.29, 0.717) is 5.92 Å². The molecule has 33 heavy (non-hydrogen) atoms. The normalized spacial score (nSPS) is 13.8. The Morgan fingerprint density at radius 1 is 1.06 bits per heavy atom. The minimum atomic E-state index is 0.270. The van der Waals surface area contributed by atoms with Gasteiger partial charge in [-0.25, -0.2) is 4.98 Å². The quantitative estimate of drug-likeness (QED) is 0.396. The molecule has 0 radical (unpaired) electrons. The van der Waals surface area contributed by atoms with Crippen LogP contribution in [0.1, 0.15) is 44.3 Å². The van der Waals surface area contributed by atoms with E-state index in [9.17, 15) is 0 Å². The standard InChI is InChI=1S/C25H25N7O/c1-15(2)32-14-27-30-25(32)17-6-7-22-21(10-17)24(29-28-22)18-8-19(11-20(9-18)33-3)31-12-23(26-13-31)16-4-5-16/h6-16H,4-5H2,1-3H3,(H,28,29). The zero-order valence-corrected chi connectivity index (χ0v) is 18.9. The Kier molecular flexibility index (Phi) is 4.53. The lowest BCUT2D eigenvalue weighted by atomic mass is 10.0. The summed E-state index contributed by atoms with van der Waals surface area (Å²) in [6.45, 7) is 4.24. The van der Waals surface area contributed by atoms with E-state index in [1.165, 1.54) is 12.8 Å². The Morgan fingerprint density at radius 2 is 1.94 bits per heavy atom. The van der Waals surface area contributed by atoms with Gasteiger partial charge >= 0.3 is 0 Å². The fourth-order valence-electron chi connectivity index (χ4n) is 4.26. The number of H-pyrrole nitrogens is 1. The van der Waals surface area contributed by atoms with Gasteiger partial charge in [-0.3, -0.25) is 5.10 Å². The first kappa shape index (κ1) is 19.7. The van der Waals surface area contributed by atoms with Crippen LogP contribution in [0.25, 0.3) is 39.2 Å². The highest BCUT2D eigenvalue weighted by molar-refractivity contribution is 5.95. The lowest BCUT2D eigenvalue weighted by Crippen LogP contribution is -2.01. The van der Waals surface area contributed by atoms with E-state index in [4.69, 9.17) is 4.74 Å². The lowest BCUT2D eigenvalue weighted by molar-refractivity contribution is 0.415. The van der Waals surface area contributed by atoms with Gasteiger partial charge < -0.3 is 13.9 Å². The van der Waals surface area contributed by atoms with Crippen LogP contribution in [0.15, 0.2) is 55.2 Å². The molecular formula is C25H25N7O. The molecule has 5 aromatic rings. The molecule has 8 nitrogen and oxygen atoms in total. The van der Waals surface area contributed by atoms with E-state index in [1.54, 1.807) is 13.4 Å². The predicted molar refractivity (Wildman–Crippen MR) is 127 cm³/mol. The molecule has 0 saturated heterocycles. The highest BCUT2D eigenvalue weighted by atomic mass is 16.5. The second-order valence-electron chi connectivity index (χ2n) is 8.89. The molecule has 0 bridgehead atoms. The van der Waals surface area contributed by atoms with Gasteiger partial charge in [-0.05, 0) is 57.0 Å². The van der Waals surface area contributed by atoms with Crippen LogP contribution in [0.4, 0.5) is 0 Å². The van der Waals surface area contributed by atoms with Gasteiger partial charge in [0, 0.05) is 40.7 Å². The summed E-state index contributed by atoms with van der Waals surface area (Å²) in [7, 11) is 1.69. The Morgan fingerprint density at radius 3 is 2.73 bits per heavy atom. The first-order valence-electron chi connectivity index (χ1n) is 11.2. The molecule has 1 N–H and O–H groups in total. The number of methoxy groups -OCH3 is 1. The monoisotopic (exact) mass is 439 g/mol. The largest absolute Gasteiger partial charge is 0.497 e. The van der Waals surface area contributed by atoms with E-state index < -0.39 is 0 Å². The lowest BCUT2D eigenvalue weighted by Gasteiger charge is -2.11. The van der Waals surface area contributed by atoms with Crippen LogP contribution in [0.5, 0.6) is 5.75 Å². The topological polar surface area (TPSA) is 86.4 Å². The number of aromatic nitrogens is 7. The number of nitrogens with zero attached hydrogens (tertiary/aromatic N) is 6. The molecule has 0 spiro atoms. The molecule has 1 aliphatic carbocycles. The van der Waals surface area contributed by atoms with Crippen molar-refractivity contribution in [2.75, 3.05) is 7.11 Å². The molecular weight excluding hydrogens is 414 g/mol. The number of aromatic amines is 1. The van der Waals surface area contributed by atoms with Crippen LogP contribution in [0.2, 0.25) is 0 Å². The molecule has 1 aliphatic rings. The molecule has 0 unspecified atom stereocenters. The van der Waals surface area contributed by atoms with Crippen LogP contribution >= 0.6 is 0 Å². The third-order valence-electron chi connectivity index (χ3n) is 6.25. The van der Waals surface area contributed by atoms with Crippen LogP contribution < -0.4 is 4.74 Å². The first-order valence-corrected chi connectivity index (χ1v) is 11.2. The summed E-state index contributed by atoms with van der Waals surface area (Å²) in [5, 5.41) is 17.3. The Hall–Kier alpha value is -3.94. The summed E-state index contributed by atoms with van der Waals surface area (Å²) in [4.78, 5) is 4.60. The maximum Gasteiger partial charge on any atom is 0.164 e. The van der Waals surface area contributed by atoms with Gasteiger partial charge in [0.25, 0.3) is 0 Å². The average molecular weight is 440 g/mol. The second kappa shape index (κ2) is 7.58. The van der Waals surface area contributed by atoms with Crippen molar-refractivity contribution in [2.45, 2.75) is 38.6 Å². The number of nitrogens with one attached hydrogen (secondary N) is 1. The van der Waals surface area contributed by atoms with Gasteiger partial charge in [-0.2, -0.15) is 5.10 Å². The van der Waals surface area contributed by atoms with Gasteiger partial charge in [0.05, 0.1) is 30.3 Å². The smallest absolute Gasteiger partial charge is 0.164 e. The minimum Gasteiger partial charge on any atom is -0.497 e. The number of fused-ring (bicyclic) bond motifs is 1. The van der Waals surface area contributed by atoms with E-state index in [1.807, 2.05) is 24.5 Å². The van der Waals surface area contributed by atoms with Gasteiger partial charge in [-0.15, -0.1) is 10.2 Å². The predicted octanol–water partition coefficient (Wildman–Crippen LogP) is 5.14. The van der Waals surface area contributed by atoms with Crippen molar-refractivity contribution in [3.8, 4) is 34.1 Å². The highest BCUT2D eigenvalue weighted by Gasteiger charge is 2.26. The number of rotatable bonds is 6. The van der Waals surface area contributed by atoms with Crippen molar-refractivity contribution >= 4 is 10.9 Å². The van der Waals surface area contributed by atoms with E-state index in [2.05, 4.69) is 72.8 Å². The Balaban J connectivity index is 1.46. The van der Waals surface area contributed by atoms with E-state index >= 15 is 0 Å². The van der Waals surface area contributed by atoms with Crippen LogP contribution in [-0.4, -0.2) is 41.6 Å². The van der Waals surface area contributed by atoms with Crippen LogP contribution in [0.3, 0.4) is 0 Å². The Bertz CT molecular complexity index is 1450. The van der Waals surface area contributed by atoms with Crippen molar-refractivity contribution < 1.29 is 4.74 Å². The molecule has 0 amide bonds. The zero-order chi connectivity index (χ0) is 22.5. The third-order valence-corrected chi connectivity index (χ3v) is 6.25. The maximum atomic E-state index is 5.63. The van der Waals surface area contributed by atoms with Gasteiger partial charge in [-0.1, -0.05) is 0 Å². The molecule has 3 heterocycles. The number of imidazole rings is 1. The first-order chi connectivity index (χ1) is 16.1. The van der Waals surface area contributed by atoms with Crippen LogP contribution in [-0.2, 0) is 0 Å².